The Morgan fingerprint density at radius 2 is 2.00 bits per heavy atom. The van der Waals surface area contributed by atoms with E-state index in [9.17, 15) is 4.39 Å². The topological polar surface area (TPSA) is 9.23 Å². The molecular formula is C20H29FOS. The quantitative estimate of drug-likeness (QED) is 0.474. The van der Waals surface area contributed by atoms with Crippen molar-refractivity contribution >= 4 is 16.7 Å². The fraction of sp³-hybridized carbons (Fsp3) is 0.500. The van der Waals surface area contributed by atoms with Crippen LogP contribution in [0.5, 0.6) is 5.75 Å². The minimum atomic E-state index is -1.28. The molecule has 0 bridgehead atoms. The van der Waals surface area contributed by atoms with Crippen LogP contribution in [-0.4, -0.2) is 6.36 Å². The van der Waals surface area contributed by atoms with Crippen molar-refractivity contribution in [1.82, 2.24) is 0 Å². The Balaban J connectivity index is 3.01. The zero-order valence-corrected chi connectivity index (χ0v) is 15.8. The van der Waals surface area contributed by atoms with Gasteiger partial charge in [0.1, 0.15) is 5.75 Å². The average Bonchev–Trinajstić information content (AvgIpc) is 2.55. The van der Waals surface area contributed by atoms with Crippen LogP contribution in [0, 0.1) is 12.8 Å². The van der Waals surface area contributed by atoms with Crippen LogP contribution in [-0.2, 0) is 0 Å². The van der Waals surface area contributed by atoms with Gasteiger partial charge >= 0.3 is 0 Å². The third kappa shape index (κ3) is 6.42. The van der Waals surface area contributed by atoms with Gasteiger partial charge in [-0.1, -0.05) is 70.2 Å². The zero-order chi connectivity index (χ0) is 17.4. The number of ether oxygens (including phenoxy) is 1. The molecular weight excluding hydrogens is 307 g/mol. The second kappa shape index (κ2) is 9.82. The summed E-state index contributed by atoms with van der Waals surface area (Å²) in [5.74, 6) is 1.12. The summed E-state index contributed by atoms with van der Waals surface area (Å²) < 4.78 is 19.1. The lowest BCUT2D eigenvalue weighted by molar-refractivity contribution is 0.0639. The van der Waals surface area contributed by atoms with E-state index in [0.29, 0.717) is 18.1 Å². The molecule has 0 aromatic heterocycles. The fourth-order valence-electron chi connectivity index (χ4n) is 2.06. The highest BCUT2D eigenvalue weighted by Crippen LogP contribution is 2.39. The predicted octanol–water partition coefficient (Wildman–Crippen LogP) is 7.12. The second-order valence-corrected chi connectivity index (χ2v) is 7.05. The van der Waals surface area contributed by atoms with Crippen molar-refractivity contribution in [3.05, 3.63) is 46.9 Å². The van der Waals surface area contributed by atoms with Gasteiger partial charge in [0.2, 0.25) is 6.36 Å². The van der Waals surface area contributed by atoms with Crippen molar-refractivity contribution < 1.29 is 9.13 Å². The van der Waals surface area contributed by atoms with E-state index in [4.69, 9.17) is 4.74 Å². The summed E-state index contributed by atoms with van der Waals surface area (Å²) in [5.41, 5.74) is 2.00. The molecule has 0 saturated carbocycles. The number of hydrogen-bond donors (Lipinski definition) is 0. The highest BCUT2D eigenvalue weighted by Gasteiger charge is 2.14. The van der Waals surface area contributed by atoms with Gasteiger partial charge in [-0.05, 0) is 36.3 Å². The summed E-state index contributed by atoms with van der Waals surface area (Å²) in [6.45, 7) is 14.5. The minimum Gasteiger partial charge on any atom is -0.460 e. The SMILES string of the molecule is C=C(S/C(=C\C(C)CC)CC)c1cc(C)ccc1OC(F)CC. The molecule has 2 unspecified atom stereocenters. The van der Waals surface area contributed by atoms with E-state index >= 15 is 0 Å². The predicted molar refractivity (Wildman–Crippen MR) is 101 cm³/mol. The lowest BCUT2D eigenvalue weighted by Crippen LogP contribution is -2.09. The summed E-state index contributed by atoms with van der Waals surface area (Å²) in [5, 5.41) is 0. The molecule has 0 spiro atoms. The maximum absolute atomic E-state index is 13.6. The molecule has 2 atom stereocenters. The van der Waals surface area contributed by atoms with E-state index in [-0.39, 0.29) is 0 Å². The molecule has 0 aliphatic carbocycles. The van der Waals surface area contributed by atoms with Crippen molar-refractivity contribution in [3.63, 3.8) is 0 Å². The highest BCUT2D eigenvalue weighted by atomic mass is 32.2. The van der Waals surface area contributed by atoms with Crippen molar-refractivity contribution in [1.29, 1.82) is 0 Å². The molecule has 1 aromatic rings. The zero-order valence-electron chi connectivity index (χ0n) is 15.0. The van der Waals surface area contributed by atoms with Crippen molar-refractivity contribution in [2.24, 2.45) is 5.92 Å². The van der Waals surface area contributed by atoms with Gasteiger partial charge in [-0.15, -0.1) is 0 Å². The number of benzene rings is 1. The van der Waals surface area contributed by atoms with Gasteiger partial charge in [-0.3, -0.25) is 0 Å². The summed E-state index contributed by atoms with van der Waals surface area (Å²) in [6, 6.07) is 5.79. The van der Waals surface area contributed by atoms with Crippen molar-refractivity contribution in [2.45, 2.75) is 60.2 Å². The standard InChI is InChI=1S/C20H29FOS/c1-7-14(4)12-17(8-2)23-16(6)18-13-15(5)10-11-19(18)22-20(21)9-3/h10-14,20H,6-9H2,1-5H3/b17-12-. The number of halogens is 1. The van der Waals surface area contributed by atoms with Crippen LogP contribution < -0.4 is 4.74 Å². The van der Waals surface area contributed by atoms with E-state index in [2.05, 4.69) is 33.4 Å². The molecule has 0 heterocycles. The van der Waals surface area contributed by atoms with Gasteiger partial charge in [0.25, 0.3) is 0 Å². The maximum Gasteiger partial charge on any atom is 0.238 e. The lowest BCUT2D eigenvalue weighted by Gasteiger charge is -2.17. The molecule has 0 fully saturated rings. The van der Waals surface area contributed by atoms with Crippen LogP contribution in [0.1, 0.15) is 58.1 Å². The molecule has 0 aliphatic rings. The maximum atomic E-state index is 13.6. The molecule has 23 heavy (non-hydrogen) atoms. The average molecular weight is 337 g/mol. The molecule has 0 saturated heterocycles. The van der Waals surface area contributed by atoms with Crippen LogP contribution in [0.15, 0.2) is 35.8 Å². The molecule has 3 heteroatoms. The number of alkyl halides is 1. The Kier molecular flexibility index (Phi) is 8.46. The van der Waals surface area contributed by atoms with Crippen LogP contribution >= 0.6 is 11.8 Å². The number of thioether (sulfide) groups is 1. The number of aryl methyl sites for hydroxylation is 1. The molecule has 1 rings (SSSR count). The van der Waals surface area contributed by atoms with Crippen molar-refractivity contribution in [3.8, 4) is 5.75 Å². The van der Waals surface area contributed by atoms with Gasteiger partial charge < -0.3 is 4.74 Å². The second-order valence-electron chi connectivity index (χ2n) is 5.83. The Bertz CT molecular complexity index is 551. The van der Waals surface area contributed by atoms with E-state index in [1.54, 1.807) is 18.7 Å². The van der Waals surface area contributed by atoms with Crippen LogP contribution in [0.4, 0.5) is 4.39 Å². The highest BCUT2D eigenvalue weighted by molar-refractivity contribution is 8.11. The number of allylic oxidation sites excluding steroid dienone is 2. The molecule has 0 N–H and O–H groups in total. The molecule has 1 aromatic carbocycles. The molecule has 0 aliphatic heterocycles. The van der Waals surface area contributed by atoms with E-state index in [0.717, 1.165) is 28.9 Å². The number of rotatable bonds is 9. The number of hydrogen-bond acceptors (Lipinski definition) is 2. The third-order valence-corrected chi connectivity index (χ3v) is 4.88. The van der Waals surface area contributed by atoms with Gasteiger partial charge in [0.15, 0.2) is 0 Å². The fourth-order valence-corrected chi connectivity index (χ4v) is 3.09. The van der Waals surface area contributed by atoms with Crippen LogP contribution in [0.3, 0.4) is 0 Å². The monoisotopic (exact) mass is 336 g/mol. The summed E-state index contributed by atoms with van der Waals surface area (Å²) >= 11 is 1.66. The first-order chi connectivity index (χ1) is 10.9. The van der Waals surface area contributed by atoms with E-state index in [1.807, 2.05) is 25.1 Å². The molecule has 0 amide bonds. The Labute approximate surface area is 145 Å². The summed E-state index contributed by atoms with van der Waals surface area (Å²) in [6.07, 6.45) is 3.44. The lowest BCUT2D eigenvalue weighted by atomic mass is 10.1. The van der Waals surface area contributed by atoms with Crippen LogP contribution in [0.2, 0.25) is 0 Å². The van der Waals surface area contributed by atoms with E-state index < -0.39 is 6.36 Å². The Morgan fingerprint density at radius 3 is 2.57 bits per heavy atom. The molecule has 128 valence electrons. The smallest absolute Gasteiger partial charge is 0.238 e. The van der Waals surface area contributed by atoms with Gasteiger partial charge in [-0.25, -0.2) is 4.39 Å². The Hall–Kier alpha value is -1.22. The van der Waals surface area contributed by atoms with Gasteiger partial charge in [-0.2, -0.15) is 0 Å². The minimum absolute atomic E-state index is 0.334. The van der Waals surface area contributed by atoms with E-state index in [1.165, 1.54) is 4.91 Å². The first kappa shape index (κ1) is 19.8. The van der Waals surface area contributed by atoms with Gasteiger partial charge in [0.05, 0.1) is 0 Å². The summed E-state index contributed by atoms with van der Waals surface area (Å²) in [4.78, 5) is 2.20. The van der Waals surface area contributed by atoms with Crippen molar-refractivity contribution in [2.75, 3.05) is 0 Å². The first-order valence-corrected chi connectivity index (χ1v) is 9.22. The van der Waals surface area contributed by atoms with Gasteiger partial charge in [0, 0.05) is 16.9 Å². The molecule has 0 radical (unpaired) electrons. The third-order valence-electron chi connectivity index (χ3n) is 3.73. The summed E-state index contributed by atoms with van der Waals surface area (Å²) in [7, 11) is 0. The van der Waals surface area contributed by atoms with Crippen LogP contribution in [0.25, 0.3) is 4.91 Å². The first-order valence-electron chi connectivity index (χ1n) is 8.40. The largest absolute Gasteiger partial charge is 0.460 e. The normalized spacial score (nSPS) is 14.4. The molecule has 1 nitrogen and oxygen atoms in total. The Morgan fingerprint density at radius 1 is 1.30 bits per heavy atom.